The van der Waals surface area contributed by atoms with E-state index in [0.29, 0.717) is 38.1 Å². The molecule has 1 aliphatic carbocycles. The SMILES string of the molecule is CCOC1CC(CC(=O)N2CCOC(C(C)N)C2)C1. The topological polar surface area (TPSA) is 64.8 Å². The van der Waals surface area contributed by atoms with E-state index in [4.69, 9.17) is 15.2 Å². The number of carbonyl (C=O) groups excluding carboxylic acids is 1. The first-order chi connectivity index (χ1) is 9.10. The van der Waals surface area contributed by atoms with E-state index >= 15 is 0 Å². The van der Waals surface area contributed by atoms with E-state index in [1.54, 1.807) is 0 Å². The molecular formula is C14H26N2O3. The number of hydrogen-bond donors (Lipinski definition) is 1. The van der Waals surface area contributed by atoms with Gasteiger partial charge in [-0.3, -0.25) is 4.79 Å². The van der Waals surface area contributed by atoms with Crippen molar-refractivity contribution in [2.45, 2.75) is 51.4 Å². The summed E-state index contributed by atoms with van der Waals surface area (Å²) in [6, 6.07) is -0.0263. The van der Waals surface area contributed by atoms with Gasteiger partial charge in [0, 0.05) is 32.2 Å². The summed E-state index contributed by atoms with van der Waals surface area (Å²) >= 11 is 0. The number of nitrogens with two attached hydrogens (primary N) is 1. The van der Waals surface area contributed by atoms with Crippen LogP contribution in [0.3, 0.4) is 0 Å². The van der Waals surface area contributed by atoms with Crippen LogP contribution in [0.4, 0.5) is 0 Å². The maximum absolute atomic E-state index is 12.2. The van der Waals surface area contributed by atoms with Crippen LogP contribution in [0.25, 0.3) is 0 Å². The smallest absolute Gasteiger partial charge is 0.223 e. The molecule has 19 heavy (non-hydrogen) atoms. The zero-order valence-corrected chi connectivity index (χ0v) is 12.0. The number of rotatable bonds is 5. The van der Waals surface area contributed by atoms with Gasteiger partial charge in [0.15, 0.2) is 0 Å². The fourth-order valence-electron chi connectivity index (χ4n) is 2.81. The highest BCUT2D eigenvalue weighted by atomic mass is 16.5. The molecule has 1 aliphatic heterocycles. The molecule has 5 heteroatoms. The lowest BCUT2D eigenvalue weighted by Crippen LogP contribution is -2.52. The van der Waals surface area contributed by atoms with Crippen molar-refractivity contribution in [1.82, 2.24) is 4.90 Å². The minimum absolute atomic E-state index is 0.0183. The third-order valence-electron chi connectivity index (χ3n) is 4.09. The Hall–Kier alpha value is -0.650. The van der Waals surface area contributed by atoms with Gasteiger partial charge in [0.2, 0.25) is 5.91 Å². The first-order valence-electron chi connectivity index (χ1n) is 7.36. The summed E-state index contributed by atoms with van der Waals surface area (Å²) in [7, 11) is 0. The number of amides is 1. The molecule has 2 rings (SSSR count). The summed E-state index contributed by atoms with van der Waals surface area (Å²) in [6.07, 6.45) is 3.07. The highest BCUT2D eigenvalue weighted by Crippen LogP contribution is 2.33. The maximum atomic E-state index is 12.2. The molecule has 110 valence electrons. The van der Waals surface area contributed by atoms with Crippen LogP contribution >= 0.6 is 0 Å². The number of hydrogen-bond acceptors (Lipinski definition) is 4. The van der Waals surface area contributed by atoms with Crippen LogP contribution in [0.15, 0.2) is 0 Å². The summed E-state index contributed by atoms with van der Waals surface area (Å²) in [4.78, 5) is 14.1. The second-order valence-electron chi connectivity index (χ2n) is 5.73. The van der Waals surface area contributed by atoms with Crippen LogP contribution in [0, 0.1) is 5.92 Å². The van der Waals surface area contributed by atoms with Crippen LogP contribution in [0.1, 0.15) is 33.1 Å². The fraction of sp³-hybridized carbons (Fsp3) is 0.929. The first-order valence-corrected chi connectivity index (χ1v) is 7.36. The van der Waals surface area contributed by atoms with Gasteiger partial charge in [-0.1, -0.05) is 0 Å². The van der Waals surface area contributed by atoms with Crippen molar-refractivity contribution >= 4 is 5.91 Å². The molecule has 0 spiro atoms. The van der Waals surface area contributed by atoms with Crippen molar-refractivity contribution < 1.29 is 14.3 Å². The lowest BCUT2D eigenvalue weighted by molar-refractivity contribution is -0.142. The molecule has 1 saturated heterocycles. The van der Waals surface area contributed by atoms with Crippen molar-refractivity contribution in [3.05, 3.63) is 0 Å². The molecule has 2 unspecified atom stereocenters. The van der Waals surface area contributed by atoms with E-state index in [-0.39, 0.29) is 18.1 Å². The standard InChI is InChI=1S/C14H26N2O3/c1-3-18-12-6-11(7-12)8-14(17)16-4-5-19-13(9-16)10(2)15/h10-13H,3-9,15H2,1-2H3. The summed E-state index contributed by atoms with van der Waals surface area (Å²) in [5, 5.41) is 0. The second kappa shape index (κ2) is 6.68. The van der Waals surface area contributed by atoms with Gasteiger partial charge in [-0.25, -0.2) is 0 Å². The summed E-state index contributed by atoms with van der Waals surface area (Å²) in [6.45, 7) is 6.65. The normalized spacial score (nSPS) is 32.8. The molecule has 2 atom stereocenters. The van der Waals surface area contributed by atoms with E-state index in [1.165, 1.54) is 0 Å². The monoisotopic (exact) mass is 270 g/mol. The van der Waals surface area contributed by atoms with Crippen LogP contribution in [-0.4, -0.2) is 55.4 Å². The average Bonchev–Trinajstić information content (AvgIpc) is 2.36. The van der Waals surface area contributed by atoms with Crippen molar-refractivity contribution in [1.29, 1.82) is 0 Å². The van der Waals surface area contributed by atoms with E-state index in [9.17, 15) is 4.79 Å². The van der Waals surface area contributed by atoms with Gasteiger partial charge < -0.3 is 20.1 Å². The van der Waals surface area contributed by atoms with Crippen molar-refractivity contribution in [2.24, 2.45) is 11.7 Å². The third kappa shape index (κ3) is 3.91. The number of nitrogens with zero attached hydrogens (tertiary/aromatic N) is 1. The Morgan fingerprint density at radius 3 is 2.89 bits per heavy atom. The molecule has 0 radical (unpaired) electrons. The van der Waals surface area contributed by atoms with E-state index in [1.807, 2.05) is 18.7 Å². The molecular weight excluding hydrogens is 244 g/mol. The van der Waals surface area contributed by atoms with Crippen LogP contribution in [-0.2, 0) is 14.3 Å². The van der Waals surface area contributed by atoms with Gasteiger partial charge in [0.1, 0.15) is 0 Å². The van der Waals surface area contributed by atoms with Crippen LogP contribution in [0.5, 0.6) is 0 Å². The summed E-state index contributed by atoms with van der Waals surface area (Å²) in [5.74, 6) is 0.745. The minimum atomic E-state index is -0.0263. The molecule has 0 aromatic carbocycles. The summed E-state index contributed by atoms with van der Waals surface area (Å²) in [5.41, 5.74) is 5.84. The van der Waals surface area contributed by atoms with Gasteiger partial charge in [-0.05, 0) is 32.6 Å². The first kappa shape index (κ1) is 14.8. The Balaban J connectivity index is 1.71. The zero-order chi connectivity index (χ0) is 13.8. The second-order valence-corrected chi connectivity index (χ2v) is 5.73. The highest BCUT2D eigenvalue weighted by Gasteiger charge is 2.33. The van der Waals surface area contributed by atoms with E-state index < -0.39 is 0 Å². The molecule has 1 saturated carbocycles. The lowest BCUT2D eigenvalue weighted by Gasteiger charge is -2.38. The Labute approximate surface area is 115 Å². The molecule has 2 aliphatic rings. The largest absolute Gasteiger partial charge is 0.378 e. The van der Waals surface area contributed by atoms with Crippen LogP contribution < -0.4 is 5.73 Å². The fourth-order valence-corrected chi connectivity index (χ4v) is 2.81. The predicted molar refractivity (Wildman–Crippen MR) is 72.7 cm³/mol. The van der Waals surface area contributed by atoms with Gasteiger partial charge >= 0.3 is 0 Å². The zero-order valence-electron chi connectivity index (χ0n) is 12.0. The molecule has 5 nitrogen and oxygen atoms in total. The number of morpholine rings is 1. The minimum Gasteiger partial charge on any atom is -0.378 e. The molecule has 1 heterocycles. The van der Waals surface area contributed by atoms with Crippen molar-refractivity contribution in [3.8, 4) is 0 Å². The van der Waals surface area contributed by atoms with Gasteiger partial charge in [-0.2, -0.15) is 0 Å². The number of ether oxygens (including phenoxy) is 2. The van der Waals surface area contributed by atoms with Gasteiger partial charge in [0.25, 0.3) is 0 Å². The Morgan fingerprint density at radius 1 is 1.53 bits per heavy atom. The molecule has 0 aromatic rings. The molecule has 1 amide bonds. The summed E-state index contributed by atoms with van der Waals surface area (Å²) < 4.78 is 11.1. The van der Waals surface area contributed by atoms with Crippen molar-refractivity contribution in [2.75, 3.05) is 26.3 Å². The Morgan fingerprint density at radius 2 is 2.26 bits per heavy atom. The molecule has 0 aromatic heterocycles. The number of carbonyl (C=O) groups is 1. The van der Waals surface area contributed by atoms with Gasteiger partial charge in [-0.15, -0.1) is 0 Å². The highest BCUT2D eigenvalue weighted by molar-refractivity contribution is 5.76. The quantitative estimate of drug-likeness (QED) is 0.801. The molecule has 2 fully saturated rings. The Kier molecular flexibility index (Phi) is 5.19. The molecule has 0 bridgehead atoms. The average molecular weight is 270 g/mol. The van der Waals surface area contributed by atoms with Crippen molar-refractivity contribution in [3.63, 3.8) is 0 Å². The maximum Gasteiger partial charge on any atom is 0.223 e. The molecule has 2 N–H and O–H groups in total. The van der Waals surface area contributed by atoms with Gasteiger partial charge in [0.05, 0.1) is 18.8 Å². The lowest BCUT2D eigenvalue weighted by atomic mass is 9.79. The Bertz CT molecular complexity index is 303. The predicted octanol–water partition coefficient (Wildman–Crippen LogP) is 0.766. The third-order valence-corrected chi connectivity index (χ3v) is 4.09. The van der Waals surface area contributed by atoms with Crippen LogP contribution in [0.2, 0.25) is 0 Å². The van der Waals surface area contributed by atoms with E-state index in [0.717, 1.165) is 19.4 Å². The van der Waals surface area contributed by atoms with E-state index in [2.05, 4.69) is 0 Å².